The number of ether oxygens (including phenoxy) is 1. The second-order valence-electron chi connectivity index (χ2n) is 3.95. The van der Waals surface area contributed by atoms with E-state index >= 15 is 0 Å². The summed E-state index contributed by atoms with van der Waals surface area (Å²) in [7, 11) is -3.74. The van der Waals surface area contributed by atoms with Crippen LogP contribution in [0, 0.1) is 0 Å². The van der Waals surface area contributed by atoms with Crippen LogP contribution < -0.4 is 5.14 Å². The molecule has 2 aromatic rings. The minimum Gasteiger partial charge on any atom is -0.460 e. The molecule has 0 bridgehead atoms. The number of rotatable bonds is 4. The largest absolute Gasteiger partial charge is 0.460 e. The highest BCUT2D eigenvalue weighted by molar-refractivity contribution is 7.89. The zero-order chi connectivity index (χ0) is 14.8. The second kappa shape index (κ2) is 5.48. The molecule has 0 amide bonds. The van der Waals surface area contributed by atoms with Gasteiger partial charge in [-0.05, 0) is 30.7 Å². The third kappa shape index (κ3) is 2.89. The first kappa shape index (κ1) is 14.3. The number of esters is 1. The lowest BCUT2D eigenvalue weighted by molar-refractivity contribution is 0.0491. The van der Waals surface area contributed by atoms with Gasteiger partial charge in [-0.2, -0.15) is 0 Å². The zero-order valence-electron chi connectivity index (χ0n) is 10.7. The number of hydrogen-bond donors (Lipinski definition) is 1. The van der Waals surface area contributed by atoms with Gasteiger partial charge in [0.25, 0.3) is 0 Å². The van der Waals surface area contributed by atoms with E-state index in [1.165, 1.54) is 18.4 Å². The SMILES string of the molecule is CCOC(=O)c1occc1-c1ccc(S(N)(=O)=O)cc1. The van der Waals surface area contributed by atoms with Gasteiger partial charge in [0.15, 0.2) is 0 Å². The van der Waals surface area contributed by atoms with Gasteiger partial charge in [-0.25, -0.2) is 18.4 Å². The molecule has 1 heterocycles. The Morgan fingerprint density at radius 3 is 2.45 bits per heavy atom. The van der Waals surface area contributed by atoms with Crippen molar-refractivity contribution in [3.8, 4) is 11.1 Å². The quantitative estimate of drug-likeness (QED) is 0.866. The molecular weight excluding hydrogens is 282 g/mol. The maximum atomic E-state index is 11.7. The van der Waals surface area contributed by atoms with Gasteiger partial charge in [-0.3, -0.25) is 0 Å². The molecule has 0 aliphatic carbocycles. The second-order valence-corrected chi connectivity index (χ2v) is 5.51. The number of carbonyl (C=O) groups excluding carboxylic acids is 1. The molecule has 0 aliphatic rings. The van der Waals surface area contributed by atoms with Crippen LogP contribution in [0.25, 0.3) is 11.1 Å². The molecule has 0 spiro atoms. The van der Waals surface area contributed by atoms with Gasteiger partial charge >= 0.3 is 5.97 Å². The molecule has 0 radical (unpaired) electrons. The fraction of sp³-hybridized carbons (Fsp3) is 0.154. The van der Waals surface area contributed by atoms with Crippen molar-refractivity contribution in [2.24, 2.45) is 5.14 Å². The molecule has 0 unspecified atom stereocenters. The van der Waals surface area contributed by atoms with Gasteiger partial charge in [0.05, 0.1) is 17.8 Å². The molecule has 7 heteroatoms. The smallest absolute Gasteiger partial charge is 0.374 e. The number of primary sulfonamides is 1. The van der Waals surface area contributed by atoms with Crippen molar-refractivity contribution in [3.05, 3.63) is 42.4 Å². The summed E-state index contributed by atoms with van der Waals surface area (Å²) >= 11 is 0. The highest BCUT2D eigenvalue weighted by atomic mass is 32.2. The van der Waals surface area contributed by atoms with Crippen LogP contribution in [0.3, 0.4) is 0 Å². The molecule has 6 nitrogen and oxygen atoms in total. The highest BCUT2D eigenvalue weighted by Gasteiger charge is 2.18. The van der Waals surface area contributed by atoms with E-state index in [0.717, 1.165) is 0 Å². The van der Waals surface area contributed by atoms with E-state index in [2.05, 4.69) is 0 Å². The van der Waals surface area contributed by atoms with E-state index in [1.54, 1.807) is 25.1 Å². The zero-order valence-corrected chi connectivity index (χ0v) is 11.5. The molecule has 2 N–H and O–H groups in total. The van der Waals surface area contributed by atoms with Crippen molar-refractivity contribution < 1.29 is 22.4 Å². The molecule has 1 aromatic carbocycles. The lowest BCUT2D eigenvalue weighted by Crippen LogP contribution is -2.11. The molecule has 2 rings (SSSR count). The third-order valence-electron chi connectivity index (χ3n) is 2.62. The van der Waals surface area contributed by atoms with E-state index in [1.807, 2.05) is 0 Å². The standard InChI is InChI=1S/C13H13NO5S/c1-2-18-13(15)12-11(7-8-19-12)9-3-5-10(6-4-9)20(14,16)17/h3-8H,2H2,1H3,(H2,14,16,17). The summed E-state index contributed by atoms with van der Waals surface area (Å²) in [5.74, 6) is -0.488. The topological polar surface area (TPSA) is 99.6 Å². The first-order valence-corrected chi connectivity index (χ1v) is 7.36. The van der Waals surface area contributed by atoms with Crippen molar-refractivity contribution in [1.29, 1.82) is 0 Å². The number of hydrogen-bond acceptors (Lipinski definition) is 5. The molecule has 0 fully saturated rings. The molecule has 0 aliphatic heterocycles. The first-order chi connectivity index (χ1) is 9.43. The minimum atomic E-state index is -3.74. The van der Waals surface area contributed by atoms with Crippen molar-refractivity contribution in [2.45, 2.75) is 11.8 Å². The van der Waals surface area contributed by atoms with Crippen molar-refractivity contribution >= 4 is 16.0 Å². The van der Waals surface area contributed by atoms with Gasteiger partial charge < -0.3 is 9.15 Å². The van der Waals surface area contributed by atoms with E-state index in [-0.39, 0.29) is 17.3 Å². The van der Waals surface area contributed by atoms with Crippen LogP contribution in [0.1, 0.15) is 17.5 Å². The lowest BCUT2D eigenvalue weighted by atomic mass is 10.1. The summed E-state index contributed by atoms with van der Waals surface area (Å²) in [5, 5.41) is 5.02. The van der Waals surface area contributed by atoms with E-state index in [0.29, 0.717) is 11.1 Å². The Hall–Kier alpha value is -2.12. The Balaban J connectivity index is 2.38. The molecule has 106 valence electrons. The molecular formula is C13H13NO5S. The van der Waals surface area contributed by atoms with E-state index in [9.17, 15) is 13.2 Å². The lowest BCUT2D eigenvalue weighted by Gasteiger charge is -2.04. The average molecular weight is 295 g/mol. The Bertz CT molecular complexity index is 715. The number of nitrogens with two attached hydrogens (primary N) is 1. The summed E-state index contributed by atoms with van der Waals surface area (Å²) in [4.78, 5) is 11.7. The van der Waals surface area contributed by atoms with E-state index in [4.69, 9.17) is 14.3 Å². The summed E-state index contributed by atoms with van der Waals surface area (Å²) in [5.41, 5.74) is 1.17. The molecule has 0 atom stereocenters. The Morgan fingerprint density at radius 2 is 1.90 bits per heavy atom. The van der Waals surface area contributed by atoms with Crippen LogP contribution >= 0.6 is 0 Å². The Kier molecular flexibility index (Phi) is 3.91. The van der Waals surface area contributed by atoms with E-state index < -0.39 is 16.0 Å². The summed E-state index contributed by atoms with van der Waals surface area (Å²) in [6.07, 6.45) is 1.37. The number of carbonyl (C=O) groups is 1. The summed E-state index contributed by atoms with van der Waals surface area (Å²) < 4.78 is 32.3. The molecule has 0 saturated carbocycles. The molecule has 20 heavy (non-hydrogen) atoms. The highest BCUT2D eigenvalue weighted by Crippen LogP contribution is 2.26. The van der Waals surface area contributed by atoms with Crippen LogP contribution in [0.2, 0.25) is 0 Å². The van der Waals surface area contributed by atoms with Gasteiger partial charge in [-0.1, -0.05) is 12.1 Å². The Morgan fingerprint density at radius 1 is 1.25 bits per heavy atom. The summed E-state index contributed by atoms with van der Waals surface area (Å²) in [6, 6.07) is 7.44. The maximum Gasteiger partial charge on any atom is 0.374 e. The van der Waals surface area contributed by atoms with Crippen LogP contribution in [-0.2, 0) is 14.8 Å². The van der Waals surface area contributed by atoms with Gasteiger partial charge in [-0.15, -0.1) is 0 Å². The minimum absolute atomic E-state index is 0.00225. The van der Waals surface area contributed by atoms with Crippen molar-refractivity contribution in [3.63, 3.8) is 0 Å². The van der Waals surface area contributed by atoms with Crippen molar-refractivity contribution in [1.82, 2.24) is 0 Å². The van der Waals surface area contributed by atoms with Gasteiger partial charge in [0.2, 0.25) is 15.8 Å². The van der Waals surface area contributed by atoms with Crippen LogP contribution in [0.5, 0.6) is 0 Å². The maximum absolute atomic E-state index is 11.7. The van der Waals surface area contributed by atoms with Crippen LogP contribution in [0.4, 0.5) is 0 Å². The molecule has 0 saturated heterocycles. The van der Waals surface area contributed by atoms with Crippen LogP contribution in [-0.4, -0.2) is 21.0 Å². The van der Waals surface area contributed by atoms with Crippen molar-refractivity contribution in [2.75, 3.05) is 6.61 Å². The first-order valence-electron chi connectivity index (χ1n) is 5.81. The van der Waals surface area contributed by atoms with Gasteiger partial charge in [0.1, 0.15) is 0 Å². The fourth-order valence-corrected chi connectivity index (χ4v) is 2.23. The number of sulfonamides is 1. The average Bonchev–Trinajstić information content (AvgIpc) is 2.87. The predicted octanol–water partition coefficient (Wildman–Crippen LogP) is 1.77. The summed E-state index contributed by atoms with van der Waals surface area (Å²) in [6.45, 7) is 1.94. The fourth-order valence-electron chi connectivity index (χ4n) is 1.72. The predicted molar refractivity (Wildman–Crippen MR) is 71.5 cm³/mol. The monoisotopic (exact) mass is 295 g/mol. The van der Waals surface area contributed by atoms with Crippen LogP contribution in [0.15, 0.2) is 45.9 Å². The third-order valence-corrected chi connectivity index (χ3v) is 3.55. The number of benzene rings is 1. The normalized spacial score (nSPS) is 11.3. The number of furan rings is 1. The van der Waals surface area contributed by atoms with Gasteiger partial charge in [0, 0.05) is 5.56 Å². The molecule has 1 aromatic heterocycles. The Labute approximate surface area is 116 Å².